The lowest BCUT2D eigenvalue weighted by Crippen LogP contribution is -2.50. The topological polar surface area (TPSA) is 61.7 Å². The molecule has 9 heteroatoms. The van der Waals surface area contributed by atoms with Crippen LogP contribution in [0.15, 0.2) is 18.3 Å². The molecule has 8 nitrogen and oxygen atoms in total. The summed E-state index contributed by atoms with van der Waals surface area (Å²) >= 11 is 1.71. The Labute approximate surface area is 201 Å². The fourth-order valence-corrected chi connectivity index (χ4v) is 6.29. The van der Waals surface area contributed by atoms with Crippen LogP contribution in [0, 0.1) is 0 Å². The third-order valence-electron chi connectivity index (χ3n) is 7.36. The Morgan fingerprint density at radius 2 is 1.76 bits per heavy atom. The number of rotatable bonds is 9. The number of hydrogen-bond acceptors (Lipinski definition) is 8. The molecule has 3 aliphatic rings. The number of morpholine rings is 1. The smallest absolute Gasteiger partial charge is 0.218 e. The lowest BCUT2D eigenvalue weighted by atomic mass is 9.94. The van der Waals surface area contributed by atoms with Crippen LogP contribution < -0.4 is 10.2 Å². The summed E-state index contributed by atoms with van der Waals surface area (Å²) < 4.78 is 7.62. The lowest BCUT2D eigenvalue weighted by molar-refractivity contribution is 0.0374. The maximum atomic E-state index is 5.43. The molecule has 0 bridgehead atoms. The predicted octanol–water partition coefficient (Wildman–Crippen LogP) is 2.60. The molecule has 0 radical (unpaired) electrons. The zero-order valence-corrected chi connectivity index (χ0v) is 20.6. The molecule has 0 atom stereocenters. The van der Waals surface area contributed by atoms with Gasteiger partial charge in [-0.15, -0.1) is 10.2 Å². The maximum absolute atomic E-state index is 5.43. The lowest BCUT2D eigenvalue weighted by Gasteiger charge is -2.40. The van der Waals surface area contributed by atoms with Gasteiger partial charge >= 0.3 is 0 Å². The number of hydrogen-bond donors (Lipinski definition) is 1. The van der Waals surface area contributed by atoms with Gasteiger partial charge in [-0.05, 0) is 44.5 Å². The molecule has 182 valence electrons. The fraction of sp³-hybridized carbons (Fsp3) is 0.750. The molecular weight excluding hydrogens is 434 g/mol. The number of anilines is 1. The minimum absolute atomic E-state index is 0.815. The van der Waals surface area contributed by atoms with E-state index in [1.165, 1.54) is 37.8 Å². The van der Waals surface area contributed by atoms with Crippen molar-refractivity contribution in [2.75, 3.05) is 70.5 Å². The predicted molar refractivity (Wildman–Crippen MR) is 133 cm³/mol. The molecule has 0 amide bonds. The summed E-state index contributed by atoms with van der Waals surface area (Å²) in [7, 11) is 0. The van der Waals surface area contributed by atoms with Gasteiger partial charge in [0.25, 0.3) is 0 Å². The van der Waals surface area contributed by atoms with E-state index < -0.39 is 0 Å². The molecule has 2 aromatic heterocycles. The van der Waals surface area contributed by atoms with Gasteiger partial charge in [-0.25, -0.2) is 0 Å². The van der Waals surface area contributed by atoms with Gasteiger partial charge in [0.2, 0.25) is 10.3 Å². The molecular formula is C24H39N7OS. The summed E-state index contributed by atoms with van der Waals surface area (Å²) in [5.41, 5.74) is 1.24. The van der Waals surface area contributed by atoms with Crippen molar-refractivity contribution in [3.63, 3.8) is 0 Å². The summed E-state index contributed by atoms with van der Waals surface area (Å²) in [4.78, 5) is 7.63. The molecule has 5 rings (SSSR count). The first-order valence-corrected chi connectivity index (χ1v) is 13.7. The second kappa shape index (κ2) is 11.8. The summed E-state index contributed by atoms with van der Waals surface area (Å²) in [6, 6.07) is 5.10. The highest BCUT2D eigenvalue weighted by Crippen LogP contribution is 2.28. The summed E-state index contributed by atoms with van der Waals surface area (Å²) in [6.45, 7) is 11.3. The van der Waals surface area contributed by atoms with Crippen LogP contribution in [0.3, 0.4) is 0 Å². The van der Waals surface area contributed by atoms with Gasteiger partial charge in [-0.2, -0.15) is 0 Å². The Morgan fingerprint density at radius 1 is 0.970 bits per heavy atom. The monoisotopic (exact) mass is 473 g/mol. The van der Waals surface area contributed by atoms with Crippen molar-refractivity contribution < 1.29 is 4.74 Å². The van der Waals surface area contributed by atoms with Crippen LogP contribution >= 0.6 is 11.3 Å². The summed E-state index contributed by atoms with van der Waals surface area (Å²) in [5, 5.41) is 14.7. The highest BCUT2D eigenvalue weighted by atomic mass is 32.1. The third-order valence-corrected chi connectivity index (χ3v) is 8.34. The van der Waals surface area contributed by atoms with Gasteiger partial charge in [0, 0.05) is 63.7 Å². The maximum Gasteiger partial charge on any atom is 0.218 e. The van der Waals surface area contributed by atoms with E-state index >= 15 is 0 Å². The first-order valence-electron chi connectivity index (χ1n) is 12.9. The quantitative estimate of drug-likeness (QED) is 0.562. The van der Waals surface area contributed by atoms with E-state index in [4.69, 9.17) is 4.74 Å². The second-order valence-electron chi connectivity index (χ2n) is 9.54. The highest BCUT2D eigenvalue weighted by Gasteiger charge is 2.26. The Bertz CT molecular complexity index is 835. The van der Waals surface area contributed by atoms with Crippen molar-refractivity contribution in [1.29, 1.82) is 0 Å². The van der Waals surface area contributed by atoms with Crippen LogP contribution in [-0.2, 0) is 11.3 Å². The van der Waals surface area contributed by atoms with E-state index in [2.05, 4.69) is 53.1 Å². The molecule has 4 heterocycles. The van der Waals surface area contributed by atoms with Crippen molar-refractivity contribution >= 4 is 16.5 Å². The van der Waals surface area contributed by atoms with Crippen LogP contribution in [0.2, 0.25) is 0 Å². The van der Waals surface area contributed by atoms with Crippen molar-refractivity contribution in [3.05, 3.63) is 24.0 Å². The van der Waals surface area contributed by atoms with E-state index in [-0.39, 0.29) is 0 Å². The van der Waals surface area contributed by atoms with E-state index in [9.17, 15) is 0 Å². The molecule has 33 heavy (non-hydrogen) atoms. The fourth-order valence-electron chi connectivity index (χ4n) is 5.37. The molecule has 2 aromatic rings. The van der Waals surface area contributed by atoms with E-state index in [1.807, 2.05) is 0 Å². The Balaban J connectivity index is 1.08. The van der Waals surface area contributed by atoms with Gasteiger partial charge in [0.05, 0.1) is 13.2 Å². The minimum atomic E-state index is 0.815. The van der Waals surface area contributed by atoms with E-state index in [1.54, 1.807) is 11.3 Å². The van der Waals surface area contributed by atoms with Crippen molar-refractivity contribution in [2.24, 2.45) is 0 Å². The average Bonchev–Trinajstić information content (AvgIpc) is 3.55. The number of nitrogens with zero attached hydrogens (tertiary/aromatic N) is 6. The first kappa shape index (κ1) is 23.2. The standard InChI is InChI=1S/C24H39N7OS/c1-2-6-21(7-3-1)29-12-14-30(15-13-29)23-26-27-24(33-23)31-11-4-8-22(31)20-25-9-5-10-28-16-18-32-19-17-28/h4,8,11,21,25H,1-3,5-7,9-10,12-20H2. The van der Waals surface area contributed by atoms with Crippen LogP contribution in [-0.4, -0.2) is 96.2 Å². The van der Waals surface area contributed by atoms with Crippen LogP contribution in [0.4, 0.5) is 5.13 Å². The Hall–Kier alpha value is -1.52. The van der Waals surface area contributed by atoms with Crippen molar-refractivity contribution in [2.45, 2.75) is 51.1 Å². The normalized spacial score (nSPS) is 21.6. The second-order valence-corrected chi connectivity index (χ2v) is 10.5. The minimum Gasteiger partial charge on any atom is -0.379 e. The van der Waals surface area contributed by atoms with Crippen molar-refractivity contribution in [1.82, 2.24) is 29.9 Å². The number of ether oxygens (including phenoxy) is 1. The Morgan fingerprint density at radius 3 is 2.58 bits per heavy atom. The molecule has 0 spiro atoms. The third kappa shape index (κ3) is 6.14. The van der Waals surface area contributed by atoms with E-state index in [0.29, 0.717) is 0 Å². The number of aromatic nitrogens is 3. The van der Waals surface area contributed by atoms with Crippen LogP contribution in [0.1, 0.15) is 44.2 Å². The molecule has 3 fully saturated rings. The van der Waals surface area contributed by atoms with Gasteiger partial charge < -0.3 is 15.0 Å². The molecule has 1 aliphatic carbocycles. The Kier molecular flexibility index (Phi) is 8.27. The number of piperazine rings is 1. The zero-order chi connectivity index (χ0) is 22.3. The number of nitrogens with one attached hydrogen (secondary N) is 1. The van der Waals surface area contributed by atoms with Gasteiger partial charge in [0.15, 0.2) is 0 Å². The largest absolute Gasteiger partial charge is 0.379 e. The van der Waals surface area contributed by atoms with Gasteiger partial charge in [-0.3, -0.25) is 14.4 Å². The van der Waals surface area contributed by atoms with Gasteiger partial charge in [-0.1, -0.05) is 30.6 Å². The molecule has 1 N–H and O–H groups in total. The van der Waals surface area contributed by atoms with Crippen molar-refractivity contribution in [3.8, 4) is 5.13 Å². The van der Waals surface area contributed by atoms with Crippen LogP contribution in [0.5, 0.6) is 0 Å². The molecule has 1 saturated carbocycles. The molecule has 0 aromatic carbocycles. The molecule has 2 saturated heterocycles. The zero-order valence-electron chi connectivity index (χ0n) is 19.8. The molecule has 2 aliphatic heterocycles. The molecule has 0 unspecified atom stereocenters. The SMILES string of the molecule is c1cc(CNCCCN2CCOCC2)n(-c2nnc(N3CCN(C4CCCCC4)CC3)s2)c1. The average molecular weight is 474 g/mol. The summed E-state index contributed by atoms with van der Waals surface area (Å²) in [5.74, 6) is 0. The van der Waals surface area contributed by atoms with E-state index in [0.717, 1.165) is 94.8 Å². The highest BCUT2D eigenvalue weighted by molar-refractivity contribution is 7.17. The summed E-state index contributed by atoms with van der Waals surface area (Å²) in [6.07, 6.45) is 10.3. The van der Waals surface area contributed by atoms with Gasteiger partial charge in [0.1, 0.15) is 0 Å². The van der Waals surface area contributed by atoms with Crippen LogP contribution in [0.25, 0.3) is 5.13 Å². The first-order chi connectivity index (χ1) is 16.4.